The molecule has 0 fully saturated rings. The third kappa shape index (κ3) is 5.88. The third-order valence-corrected chi connectivity index (χ3v) is 3.19. The van der Waals surface area contributed by atoms with Crippen LogP contribution >= 0.6 is 15.9 Å². The maximum atomic E-state index is 10.2. The van der Waals surface area contributed by atoms with Crippen LogP contribution in [0, 0.1) is 11.3 Å². The normalized spacial score (nSPS) is 18.0. The van der Waals surface area contributed by atoms with Gasteiger partial charge in [-0.1, -0.05) is 36.7 Å². The molecule has 0 amide bonds. The van der Waals surface area contributed by atoms with Gasteiger partial charge < -0.3 is 5.11 Å². The molecular weight excluding hydrogens is 254 g/mol. The zero-order chi connectivity index (χ0) is 12.4. The van der Waals surface area contributed by atoms with Crippen molar-refractivity contribution in [1.82, 2.24) is 4.90 Å². The molecule has 3 heteroatoms. The standard InChI is InChI=1S/C12H26BrNO/c1-11(2,3)8-9(12(4,5)13)10(15)14(6)7/h9-10,15H,8H2,1-7H3. The van der Waals surface area contributed by atoms with Crippen molar-refractivity contribution in [1.29, 1.82) is 0 Å². The molecule has 0 aromatic heterocycles. The summed E-state index contributed by atoms with van der Waals surface area (Å²) in [4.78, 5) is 1.87. The Morgan fingerprint density at radius 1 is 1.13 bits per heavy atom. The molecule has 0 heterocycles. The van der Waals surface area contributed by atoms with E-state index in [0.717, 1.165) is 6.42 Å². The summed E-state index contributed by atoms with van der Waals surface area (Å²) in [6, 6.07) is 0. The van der Waals surface area contributed by atoms with Crippen LogP contribution in [0.2, 0.25) is 0 Å². The molecule has 15 heavy (non-hydrogen) atoms. The number of aliphatic hydroxyl groups excluding tert-OH is 1. The number of alkyl halides is 1. The minimum Gasteiger partial charge on any atom is -0.378 e. The Bertz CT molecular complexity index is 191. The predicted molar refractivity (Wildman–Crippen MR) is 70.3 cm³/mol. The predicted octanol–water partition coefficient (Wildman–Crippen LogP) is 3.09. The molecule has 2 nitrogen and oxygen atoms in total. The van der Waals surface area contributed by atoms with Gasteiger partial charge in [0.2, 0.25) is 0 Å². The summed E-state index contributed by atoms with van der Waals surface area (Å²) in [5, 5.41) is 10.2. The van der Waals surface area contributed by atoms with E-state index in [9.17, 15) is 5.11 Å². The molecule has 92 valence electrons. The van der Waals surface area contributed by atoms with Crippen molar-refractivity contribution in [3.05, 3.63) is 0 Å². The van der Waals surface area contributed by atoms with Gasteiger partial charge >= 0.3 is 0 Å². The van der Waals surface area contributed by atoms with Crippen LogP contribution in [0.15, 0.2) is 0 Å². The molecule has 0 saturated heterocycles. The van der Waals surface area contributed by atoms with Gasteiger partial charge in [0.15, 0.2) is 0 Å². The SMILES string of the molecule is CN(C)C(O)C(CC(C)(C)C)C(C)(C)Br. The molecule has 0 aliphatic rings. The van der Waals surface area contributed by atoms with Crippen LogP contribution in [0.1, 0.15) is 41.0 Å². The van der Waals surface area contributed by atoms with Crippen LogP contribution in [0.25, 0.3) is 0 Å². The van der Waals surface area contributed by atoms with Gasteiger partial charge in [0.25, 0.3) is 0 Å². The molecule has 0 radical (unpaired) electrons. The lowest BCUT2D eigenvalue weighted by Gasteiger charge is -2.39. The van der Waals surface area contributed by atoms with Gasteiger partial charge in [0.05, 0.1) is 0 Å². The van der Waals surface area contributed by atoms with Crippen LogP contribution in [0.5, 0.6) is 0 Å². The number of nitrogens with zero attached hydrogens (tertiary/aromatic N) is 1. The first-order valence-electron chi connectivity index (χ1n) is 5.48. The largest absolute Gasteiger partial charge is 0.378 e. The van der Waals surface area contributed by atoms with E-state index in [1.165, 1.54) is 0 Å². The summed E-state index contributed by atoms with van der Waals surface area (Å²) in [7, 11) is 3.83. The summed E-state index contributed by atoms with van der Waals surface area (Å²) in [6.07, 6.45) is 0.587. The average molecular weight is 280 g/mol. The Hall–Kier alpha value is 0.400. The molecule has 0 aliphatic carbocycles. The van der Waals surface area contributed by atoms with Crippen LogP contribution < -0.4 is 0 Å². The lowest BCUT2D eigenvalue weighted by Crippen LogP contribution is -2.44. The molecule has 0 saturated carbocycles. The van der Waals surface area contributed by atoms with Gasteiger partial charge in [0, 0.05) is 10.2 Å². The Labute approximate surface area is 103 Å². The van der Waals surface area contributed by atoms with Crippen LogP contribution in [-0.4, -0.2) is 34.7 Å². The van der Waals surface area contributed by atoms with Crippen molar-refractivity contribution in [3.8, 4) is 0 Å². The fourth-order valence-corrected chi connectivity index (χ4v) is 2.12. The number of hydrogen-bond acceptors (Lipinski definition) is 2. The Kier molecular flexibility index (Phi) is 5.29. The van der Waals surface area contributed by atoms with Gasteiger partial charge in [-0.15, -0.1) is 0 Å². The summed E-state index contributed by atoms with van der Waals surface area (Å²) in [5.41, 5.74) is 0.229. The average Bonchev–Trinajstić information content (AvgIpc) is 1.94. The minimum atomic E-state index is -0.404. The third-order valence-electron chi connectivity index (χ3n) is 2.60. The van der Waals surface area contributed by atoms with Crippen molar-refractivity contribution in [2.24, 2.45) is 11.3 Å². The molecule has 0 bridgehead atoms. The second kappa shape index (κ2) is 5.15. The highest BCUT2D eigenvalue weighted by atomic mass is 79.9. The van der Waals surface area contributed by atoms with Crippen LogP contribution in [-0.2, 0) is 0 Å². The number of halogens is 1. The first-order valence-corrected chi connectivity index (χ1v) is 6.28. The van der Waals surface area contributed by atoms with E-state index in [2.05, 4.69) is 50.5 Å². The van der Waals surface area contributed by atoms with Crippen molar-refractivity contribution < 1.29 is 5.11 Å². The molecule has 2 atom stereocenters. The maximum absolute atomic E-state index is 10.2. The molecule has 2 unspecified atom stereocenters. The second-order valence-electron chi connectivity index (χ2n) is 6.31. The summed E-state index contributed by atoms with van der Waals surface area (Å²) in [5.74, 6) is 0.215. The number of aliphatic hydroxyl groups is 1. The van der Waals surface area contributed by atoms with Crippen molar-refractivity contribution in [3.63, 3.8) is 0 Å². The van der Waals surface area contributed by atoms with Crippen molar-refractivity contribution in [2.45, 2.75) is 51.6 Å². The summed E-state index contributed by atoms with van der Waals surface area (Å²) < 4.78 is -0.0516. The quantitative estimate of drug-likeness (QED) is 0.632. The van der Waals surface area contributed by atoms with E-state index in [4.69, 9.17) is 0 Å². The van der Waals surface area contributed by atoms with Gasteiger partial charge in [-0.2, -0.15) is 0 Å². The molecule has 0 aliphatic heterocycles. The van der Waals surface area contributed by atoms with E-state index < -0.39 is 6.23 Å². The molecule has 1 N–H and O–H groups in total. The zero-order valence-electron chi connectivity index (χ0n) is 11.1. The Morgan fingerprint density at radius 2 is 1.53 bits per heavy atom. The van der Waals surface area contributed by atoms with E-state index in [1.807, 2.05) is 19.0 Å². The highest BCUT2D eigenvalue weighted by molar-refractivity contribution is 9.10. The van der Waals surface area contributed by atoms with Crippen molar-refractivity contribution in [2.75, 3.05) is 14.1 Å². The number of rotatable bonds is 4. The number of hydrogen-bond donors (Lipinski definition) is 1. The molecule has 0 aromatic rings. The minimum absolute atomic E-state index is 0.0516. The zero-order valence-corrected chi connectivity index (χ0v) is 12.7. The van der Waals surface area contributed by atoms with E-state index >= 15 is 0 Å². The van der Waals surface area contributed by atoms with E-state index in [1.54, 1.807) is 0 Å². The molecule has 0 rings (SSSR count). The highest BCUT2D eigenvalue weighted by Gasteiger charge is 2.36. The lowest BCUT2D eigenvalue weighted by atomic mass is 9.78. The van der Waals surface area contributed by atoms with Crippen LogP contribution in [0.3, 0.4) is 0 Å². The fraction of sp³-hybridized carbons (Fsp3) is 1.00. The topological polar surface area (TPSA) is 23.5 Å². The monoisotopic (exact) mass is 279 g/mol. The van der Waals surface area contributed by atoms with Gasteiger partial charge in [-0.25, -0.2) is 0 Å². The second-order valence-corrected chi connectivity index (χ2v) is 8.36. The molecule has 0 aromatic carbocycles. The van der Waals surface area contributed by atoms with E-state index in [0.29, 0.717) is 0 Å². The summed E-state index contributed by atoms with van der Waals surface area (Å²) in [6.45, 7) is 10.9. The smallest absolute Gasteiger partial charge is 0.111 e. The molecular formula is C12H26BrNO. The van der Waals surface area contributed by atoms with Crippen molar-refractivity contribution >= 4 is 15.9 Å². The van der Waals surface area contributed by atoms with Gasteiger partial charge in [0.1, 0.15) is 6.23 Å². The summed E-state index contributed by atoms with van der Waals surface area (Å²) >= 11 is 3.68. The van der Waals surface area contributed by atoms with Crippen LogP contribution in [0.4, 0.5) is 0 Å². The van der Waals surface area contributed by atoms with Gasteiger partial charge in [-0.05, 0) is 39.8 Å². The fourth-order valence-electron chi connectivity index (χ4n) is 1.72. The maximum Gasteiger partial charge on any atom is 0.111 e. The molecule has 0 spiro atoms. The van der Waals surface area contributed by atoms with Gasteiger partial charge in [-0.3, -0.25) is 4.90 Å². The highest BCUT2D eigenvalue weighted by Crippen LogP contribution is 2.38. The first kappa shape index (κ1) is 15.4. The first-order chi connectivity index (χ1) is 6.45. The lowest BCUT2D eigenvalue weighted by molar-refractivity contribution is -0.0330. The Balaban J connectivity index is 4.76. The Morgan fingerprint density at radius 3 is 1.73 bits per heavy atom. The van der Waals surface area contributed by atoms with E-state index in [-0.39, 0.29) is 15.7 Å².